The molecule has 0 bridgehead atoms. The minimum absolute atomic E-state index is 0.120. The number of ether oxygens (including phenoxy) is 1. The molecule has 1 aliphatic heterocycles. The molecule has 6 nitrogen and oxygen atoms in total. The number of aromatic nitrogens is 1. The van der Waals surface area contributed by atoms with E-state index in [1.54, 1.807) is 6.92 Å². The number of carbonyl (C=O) groups excluding carboxylic acids is 1. The molecule has 0 spiro atoms. The predicted octanol–water partition coefficient (Wildman–Crippen LogP) is -0.190. The molecule has 0 saturated carbocycles. The van der Waals surface area contributed by atoms with Crippen LogP contribution >= 0.6 is 12.2 Å². The lowest BCUT2D eigenvalue weighted by molar-refractivity contribution is 0.00870. The molecule has 19 heavy (non-hydrogen) atoms. The number of pyridine rings is 1. The first-order valence-corrected chi connectivity index (χ1v) is 6.29. The Balaban J connectivity index is 2.19. The molecule has 1 amide bonds. The number of amides is 1. The van der Waals surface area contributed by atoms with Crippen molar-refractivity contribution in [2.75, 3.05) is 19.7 Å². The number of nitrogens with zero attached hydrogens (tertiary/aromatic N) is 1. The van der Waals surface area contributed by atoms with Crippen LogP contribution in [-0.2, 0) is 4.74 Å². The Morgan fingerprint density at radius 3 is 3.00 bits per heavy atom. The van der Waals surface area contributed by atoms with E-state index in [9.17, 15) is 9.59 Å². The fourth-order valence-corrected chi connectivity index (χ4v) is 2.06. The second-order valence-electron chi connectivity index (χ2n) is 4.41. The zero-order valence-corrected chi connectivity index (χ0v) is 11.3. The highest BCUT2D eigenvalue weighted by molar-refractivity contribution is 7.80. The summed E-state index contributed by atoms with van der Waals surface area (Å²) in [6.45, 7) is 2.82. The fourth-order valence-electron chi connectivity index (χ4n) is 1.92. The molecule has 0 aromatic carbocycles. The maximum Gasteiger partial charge on any atom is 0.259 e. The van der Waals surface area contributed by atoms with Crippen molar-refractivity contribution in [3.63, 3.8) is 0 Å². The van der Waals surface area contributed by atoms with Gasteiger partial charge in [-0.15, -0.1) is 0 Å². The van der Waals surface area contributed by atoms with Gasteiger partial charge in [-0.2, -0.15) is 0 Å². The molecule has 2 rings (SSSR count). The SMILES string of the molecule is Cc1cc(=O)c(C(=O)N2CCOC(C(N)=S)C2)c[nH]1. The molecular weight excluding hydrogens is 266 g/mol. The number of carbonyl (C=O) groups is 1. The number of morpholine rings is 1. The van der Waals surface area contributed by atoms with Crippen LogP contribution in [0.4, 0.5) is 0 Å². The monoisotopic (exact) mass is 281 g/mol. The van der Waals surface area contributed by atoms with E-state index in [0.717, 1.165) is 0 Å². The molecule has 1 aliphatic rings. The quantitative estimate of drug-likeness (QED) is 0.734. The number of aromatic amines is 1. The molecule has 1 unspecified atom stereocenters. The van der Waals surface area contributed by atoms with Crippen molar-refractivity contribution in [3.05, 3.63) is 33.7 Å². The van der Waals surface area contributed by atoms with Crippen LogP contribution in [0.1, 0.15) is 16.1 Å². The average molecular weight is 281 g/mol. The van der Waals surface area contributed by atoms with Crippen molar-refractivity contribution in [2.45, 2.75) is 13.0 Å². The first kappa shape index (κ1) is 13.7. The third-order valence-electron chi connectivity index (χ3n) is 2.96. The van der Waals surface area contributed by atoms with Gasteiger partial charge >= 0.3 is 0 Å². The van der Waals surface area contributed by atoms with Crippen LogP contribution in [0.3, 0.4) is 0 Å². The first-order valence-electron chi connectivity index (χ1n) is 5.88. The molecule has 0 radical (unpaired) electrons. The summed E-state index contributed by atoms with van der Waals surface area (Å²) in [5.74, 6) is -0.328. The highest BCUT2D eigenvalue weighted by Gasteiger charge is 2.27. The molecule has 1 aromatic heterocycles. The minimum Gasteiger partial charge on any atom is -0.391 e. The number of hydrogen-bond donors (Lipinski definition) is 2. The summed E-state index contributed by atoms with van der Waals surface area (Å²) in [6.07, 6.45) is 0.989. The Kier molecular flexibility index (Phi) is 3.96. The lowest BCUT2D eigenvalue weighted by Crippen LogP contribution is -2.50. The van der Waals surface area contributed by atoms with Crippen molar-refractivity contribution in [2.24, 2.45) is 5.73 Å². The van der Waals surface area contributed by atoms with E-state index in [4.69, 9.17) is 22.7 Å². The maximum absolute atomic E-state index is 12.3. The zero-order valence-electron chi connectivity index (χ0n) is 10.5. The third kappa shape index (κ3) is 2.99. The molecule has 1 saturated heterocycles. The molecule has 7 heteroatoms. The Bertz CT molecular complexity index is 570. The second kappa shape index (κ2) is 5.50. The van der Waals surface area contributed by atoms with Crippen LogP contribution in [0.25, 0.3) is 0 Å². The summed E-state index contributed by atoms with van der Waals surface area (Å²) in [6, 6.07) is 1.40. The first-order chi connectivity index (χ1) is 8.99. The summed E-state index contributed by atoms with van der Waals surface area (Å²) in [5, 5.41) is 0. The molecule has 1 atom stereocenters. The summed E-state index contributed by atoms with van der Waals surface area (Å²) in [5.41, 5.74) is 6.06. The molecular formula is C12H15N3O3S. The highest BCUT2D eigenvalue weighted by atomic mass is 32.1. The molecule has 2 heterocycles. The van der Waals surface area contributed by atoms with Crippen molar-refractivity contribution < 1.29 is 9.53 Å². The molecule has 1 fully saturated rings. The molecule has 3 N–H and O–H groups in total. The predicted molar refractivity (Wildman–Crippen MR) is 74.2 cm³/mol. The van der Waals surface area contributed by atoms with Crippen molar-refractivity contribution in [1.29, 1.82) is 0 Å². The van der Waals surface area contributed by atoms with Gasteiger partial charge in [-0.25, -0.2) is 0 Å². The molecule has 102 valence electrons. The largest absolute Gasteiger partial charge is 0.391 e. The Morgan fingerprint density at radius 1 is 1.63 bits per heavy atom. The Hall–Kier alpha value is -1.73. The number of hydrogen-bond acceptors (Lipinski definition) is 4. The van der Waals surface area contributed by atoms with Crippen LogP contribution in [0.5, 0.6) is 0 Å². The van der Waals surface area contributed by atoms with E-state index in [0.29, 0.717) is 18.8 Å². The van der Waals surface area contributed by atoms with Gasteiger partial charge in [-0.3, -0.25) is 9.59 Å². The van der Waals surface area contributed by atoms with Gasteiger partial charge in [0.15, 0.2) is 5.43 Å². The summed E-state index contributed by atoms with van der Waals surface area (Å²) in [4.78, 5) is 28.7. The third-order valence-corrected chi connectivity index (χ3v) is 3.22. The number of aryl methyl sites for hydroxylation is 1. The van der Waals surface area contributed by atoms with Crippen LogP contribution in [0.2, 0.25) is 0 Å². The van der Waals surface area contributed by atoms with Gasteiger partial charge in [0.05, 0.1) is 13.2 Å². The van der Waals surface area contributed by atoms with Crippen LogP contribution < -0.4 is 11.2 Å². The Labute approximate surface area is 115 Å². The molecule has 0 aliphatic carbocycles. The second-order valence-corrected chi connectivity index (χ2v) is 4.88. The van der Waals surface area contributed by atoms with E-state index < -0.39 is 6.10 Å². The van der Waals surface area contributed by atoms with Gasteiger partial charge in [-0.05, 0) is 6.92 Å². The number of nitrogens with one attached hydrogen (secondary N) is 1. The summed E-state index contributed by atoms with van der Waals surface area (Å²) < 4.78 is 5.36. The summed E-state index contributed by atoms with van der Waals surface area (Å²) >= 11 is 4.86. The van der Waals surface area contributed by atoms with Crippen molar-refractivity contribution in [1.82, 2.24) is 9.88 Å². The van der Waals surface area contributed by atoms with Crippen LogP contribution in [0.15, 0.2) is 17.1 Å². The average Bonchev–Trinajstić information content (AvgIpc) is 2.38. The van der Waals surface area contributed by atoms with E-state index in [2.05, 4.69) is 4.98 Å². The van der Waals surface area contributed by atoms with Gasteiger partial charge in [0.2, 0.25) is 0 Å². The van der Waals surface area contributed by atoms with Crippen molar-refractivity contribution in [3.8, 4) is 0 Å². The van der Waals surface area contributed by atoms with E-state index in [-0.39, 0.29) is 28.4 Å². The lowest BCUT2D eigenvalue weighted by atomic mass is 10.2. The van der Waals surface area contributed by atoms with E-state index in [1.807, 2.05) is 0 Å². The standard InChI is InChI=1S/C12H15N3O3S/c1-7-4-9(16)8(5-14-7)12(17)15-2-3-18-10(6-15)11(13)19/h4-5,10H,2-3,6H2,1H3,(H2,13,19)(H,14,16). The Morgan fingerprint density at radius 2 is 2.37 bits per heavy atom. The summed E-state index contributed by atoms with van der Waals surface area (Å²) in [7, 11) is 0. The minimum atomic E-state index is -0.447. The molecule has 1 aromatic rings. The maximum atomic E-state index is 12.3. The van der Waals surface area contributed by atoms with Crippen LogP contribution in [-0.4, -0.2) is 46.6 Å². The topological polar surface area (TPSA) is 88.4 Å². The highest BCUT2D eigenvalue weighted by Crippen LogP contribution is 2.09. The van der Waals surface area contributed by atoms with Crippen LogP contribution in [0, 0.1) is 6.92 Å². The van der Waals surface area contributed by atoms with Gasteiger partial charge in [0.25, 0.3) is 5.91 Å². The number of nitrogens with two attached hydrogens (primary N) is 1. The van der Waals surface area contributed by atoms with Gasteiger partial charge < -0.3 is 20.4 Å². The fraction of sp³-hybridized carbons (Fsp3) is 0.417. The lowest BCUT2D eigenvalue weighted by Gasteiger charge is -2.32. The number of H-pyrrole nitrogens is 1. The number of thiocarbonyl (C=S) groups is 1. The van der Waals surface area contributed by atoms with E-state index >= 15 is 0 Å². The smallest absolute Gasteiger partial charge is 0.259 e. The van der Waals surface area contributed by atoms with Gasteiger partial charge in [-0.1, -0.05) is 12.2 Å². The van der Waals surface area contributed by atoms with Gasteiger partial charge in [0.1, 0.15) is 16.7 Å². The zero-order chi connectivity index (χ0) is 14.0. The normalized spacial score (nSPS) is 19.2. The van der Waals surface area contributed by atoms with Gasteiger partial charge in [0, 0.05) is 24.5 Å². The van der Waals surface area contributed by atoms with Crippen molar-refractivity contribution >= 4 is 23.1 Å². The van der Waals surface area contributed by atoms with E-state index in [1.165, 1.54) is 17.2 Å². The number of rotatable bonds is 2.